The molecule has 0 spiro atoms. The number of anilines is 1. The van der Waals surface area contributed by atoms with Crippen molar-refractivity contribution in [2.45, 2.75) is 6.92 Å². The Morgan fingerprint density at radius 2 is 2.14 bits per heavy atom. The Kier molecular flexibility index (Phi) is 4.03. The highest BCUT2D eigenvalue weighted by molar-refractivity contribution is 6.07. The van der Waals surface area contributed by atoms with E-state index in [0.717, 1.165) is 5.56 Å². The van der Waals surface area contributed by atoms with Crippen LogP contribution in [0.3, 0.4) is 0 Å². The average molecular weight is 286 g/mol. The van der Waals surface area contributed by atoms with Gasteiger partial charge in [0.15, 0.2) is 5.84 Å². The Balaban J connectivity index is 2.31. The van der Waals surface area contributed by atoms with Crippen LogP contribution in [0.2, 0.25) is 0 Å². The van der Waals surface area contributed by atoms with Crippen LogP contribution in [0.4, 0.5) is 5.69 Å². The van der Waals surface area contributed by atoms with Gasteiger partial charge < -0.3 is 21.4 Å². The lowest BCUT2D eigenvalue weighted by atomic mass is 10.1. The number of hydrogen-bond acceptors (Lipinski definition) is 5. The number of hydrogen-bond donors (Lipinski definition) is 4. The summed E-state index contributed by atoms with van der Waals surface area (Å²) in [5, 5.41) is 23.9. The normalized spacial score (nSPS) is 11.2. The number of benzene rings is 1. The molecule has 1 heterocycles. The van der Waals surface area contributed by atoms with Crippen molar-refractivity contribution in [2.75, 3.05) is 5.32 Å². The van der Waals surface area contributed by atoms with E-state index in [4.69, 9.17) is 10.9 Å². The molecule has 0 aliphatic rings. The van der Waals surface area contributed by atoms with Crippen LogP contribution >= 0.6 is 0 Å². The summed E-state index contributed by atoms with van der Waals surface area (Å²) in [6.45, 7) is 1.80. The summed E-state index contributed by atoms with van der Waals surface area (Å²) >= 11 is 0. The first-order valence-corrected chi connectivity index (χ1v) is 6.06. The zero-order chi connectivity index (χ0) is 15.4. The van der Waals surface area contributed by atoms with E-state index in [0.29, 0.717) is 11.3 Å². The molecule has 0 radical (unpaired) electrons. The van der Waals surface area contributed by atoms with E-state index < -0.39 is 5.91 Å². The number of carbonyl (C=O) groups excluding carboxylic acids is 1. The Hall–Kier alpha value is -3.09. The first-order chi connectivity index (χ1) is 10.0. The molecule has 1 aromatic carbocycles. The number of pyridine rings is 1. The van der Waals surface area contributed by atoms with Gasteiger partial charge >= 0.3 is 0 Å². The van der Waals surface area contributed by atoms with Gasteiger partial charge in [0.1, 0.15) is 5.75 Å². The van der Waals surface area contributed by atoms with Gasteiger partial charge in [0.2, 0.25) is 0 Å². The smallest absolute Gasteiger partial charge is 0.259 e. The van der Waals surface area contributed by atoms with Gasteiger partial charge in [-0.15, -0.1) is 0 Å². The number of rotatable bonds is 3. The van der Waals surface area contributed by atoms with Crippen LogP contribution in [0.25, 0.3) is 0 Å². The SMILES string of the molecule is Cc1ccc(/C(N)=N/O)cc1NC(=O)c1ccncc1O. The monoisotopic (exact) mass is 286 g/mol. The van der Waals surface area contributed by atoms with E-state index in [9.17, 15) is 9.90 Å². The topological polar surface area (TPSA) is 121 Å². The third-order valence-electron chi connectivity index (χ3n) is 2.93. The quantitative estimate of drug-likeness (QED) is 0.294. The standard InChI is InChI=1S/C14H14N4O3/c1-8-2-3-9(13(15)18-21)6-11(8)17-14(20)10-4-5-16-7-12(10)19/h2-7,19,21H,1H3,(H2,15,18)(H,17,20). The summed E-state index contributed by atoms with van der Waals surface area (Å²) in [4.78, 5) is 15.8. The highest BCUT2D eigenvalue weighted by atomic mass is 16.4. The lowest BCUT2D eigenvalue weighted by molar-refractivity contribution is 0.102. The molecule has 0 aliphatic heterocycles. The molecule has 7 nitrogen and oxygen atoms in total. The van der Waals surface area contributed by atoms with E-state index >= 15 is 0 Å². The summed E-state index contributed by atoms with van der Waals surface area (Å²) in [5.74, 6) is -0.743. The number of aromatic nitrogens is 1. The largest absolute Gasteiger partial charge is 0.505 e. The fourth-order valence-corrected chi connectivity index (χ4v) is 1.74. The molecule has 0 aliphatic carbocycles. The number of amidine groups is 1. The number of nitrogens with zero attached hydrogens (tertiary/aromatic N) is 2. The van der Waals surface area contributed by atoms with Crippen LogP contribution in [-0.4, -0.2) is 27.0 Å². The molecular weight excluding hydrogens is 272 g/mol. The van der Waals surface area contributed by atoms with E-state index in [2.05, 4.69) is 15.5 Å². The van der Waals surface area contributed by atoms with Gasteiger partial charge in [-0.1, -0.05) is 17.3 Å². The van der Waals surface area contributed by atoms with Crippen molar-refractivity contribution < 1.29 is 15.1 Å². The molecule has 0 atom stereocenters. The third kappa shape index (κ3) is 3.08. The van der Waals surface area contributed by atoms with Crippen molar-refractivity contribution in [3.8, 4) is 5.75 Å². The second-order valence-corrected chi connectivity index (χ2v) is 4.36. The first kappa shape index (κ1) is 14.3. The molecule has 0 fully saturated rings. The molecule has 7 heteroatoms. The highest BCUT2D eigenvalue weighted by Gasteiger charge is 2.13. The Morgan fingerprint density at radius 3 is 2.81 bits per heavy atom. The zero-order valence-corrected chi connectivity index (χ0v) is 11.2. The minimum absolute atomic E-state index is 0.0581. The maximum atomic E-state index is 12.1. The molecule has 2 rings (SSSR count). The van der Waals surface area contributed by atoms with Gasteiger partial charge in [-0.25, -0.2) is 0 Å². The van der Waals surface area contributed by atoms with Crippen LogP contribution in [0.1, 0.15) is 21.5 Å². The van der Waals surface area contributed by atoms with E-state index in [1.807, 2.05) is 0 Å². The lowest BCUT2D eigenvalue weighted by Crippen LogP contribution is -2.16. The van der Waals surface area contributed by atoms with Gasteiger partial charge in [-0.05, 0) is 24.6 Å². The molecule has 108 valence electrons. The predicted molar refractivity (Wildman–Crippen MR) is 77.5 cm³/mol. The van der Waals surface area contributed by atoms with Crippen molar-refractivity contribution in [1.82, 2.24) is 4.98 Å². The van der Waals surface area contributed by atoms with Gasteiger partial charge in [0.25, 0.3) is 5.91 Å². The van der Waals surface area contributed by atoms with Gasteiger partial charge in [-0.3, -0.25) is 9.78 Å². The minimum atomic E-state index is -0.477. The fraction of sp³-hybridized carbons (Fsp3) is 0.0714. The van der Waals surface area contributed by atoms with Crippen LogP contribution in [0.5, 0.6) is 5.75 Å². The highest BCUT2D eigenvalue weighted by Crippen LogP contribution is 2.20. The number of nitrogens with one attached hydrogen (secondary N) is 1. The summed E-state index contributed by atoms with van der Waals surface area (Å²) < 4.78 is 0. The molecule has 2 aromatic rings. The second kappa shape index (κ2) is 5.91. The summed E-state index contributed by atoms with van der Waals surface area (Å²) in [7, 11) is 0. The number of aryl methyl sites for hydroxylation is 1. The molecule has 1 amide bonds. The van der Waals surface area contributed by atoms with E-state index in [1.54, 1.807) is 25.1 Å². The number of aromatic hydroxyl groups is 1. The molecule has 5 N–H and O–H groups in total. The lowest BCUT2D eigenvalue weighted by Gasteiger charge is -2.10. The number of nitrogens with two attached hydrogens (primary N) is 1. The van der Waals surface area contributed by atoms with E-state index in [1.165, 1.54) is 18.5 Å². The Bertz CT molecular complexity index is 713. The second-order valence-electron chi connectivity index (χ2n) is 4.36. The van der Waals surface area contributed by atoms with Gasteiger partial charge in [0.05, 0.1) is 11.8 Å². The molecule has 0 bridgehead atoms. The molecule has 21 heavy (non-hydrogen) atoms. The fourth-order valence-electron chi connectivity index (χ4n) is 1.74. The molecule has 0 saturated carbocycles. The van der Waals surface area contributed by atoms with Crippen molar-refractivity contribution in [2.24, 2.45) is 10.9 Å². The van der Waals surface area contributed by atoms with Gasteiger partial charge in [0, 0.05) is 17.4 Å². The van der Waals surface area contributed by atoms with Crippen molar-refractivity contribution in [3.05, 3.63) is 53.3 Å². The Labute approximate surface area is 120 Å². The van der Waals surface area contributed by atoms with Crippen molar-refractivity contribution in [1.29, 1.82) is 0 Å². The molecule has 0 saturated heterocycles. The number of carbonyl (C=O) groups is 1. The molecular formula is C14H14N4O3. The van der Waals surface area contributed by atoms with Gasteiger partial charge in [-0.2, -0.15) is 0 Å². The first-order valence-electron chi connectivity index (χ1n) is 6.06. The van der Waals surface area contributed by atoms with Crippen LogP contribution in [-0.2, 0) is 0 Å². The Morgan fingerprint density at radius 1 is 1.38 bits per heavy atom. The molecule has 0 unspecified atom stereocenters. The third-order valence-corrected chi connectivity index (χ3v) is 2.93. The van der Waals surface area contributed by atoms with Crippen LogP contribution in [0.15, 0.2) is 41.8 Å². The minimum Gasteiger partial charge on any atom is -0.505 e. The maximum Gasteiger partial charge on any atom is 0.259 e. The zero-order valence-electron chi connectivity index (χ0n) is 11.2. The predicted octanol–water partition coefficient (Wildman–Crippen LogP) is 1.44. The van der Waals surface area contributed by atoms with Crippen LogP contribution in [0, 0.1) is 6.92 Å². The maximum absolute atomic E-state index is 12.1. The van der Waals surface area contributed by atoms with Crippen molar-refractivity contribution in [3.63, 3.8) is 0 Å². The number of amides is 1. The average Bonchev–Trinajstić information content (AvgIpc) is 2.49. The summed E-state index contributed by atoms with van der Waals surface area (Å²) in [6, 6.07) is 6.40. The van der Waals surface area contributed by atoms with Crippen molar-refractivity contribution >= 4 is 17.4 Å². The van der Waals surface area contributed by atoms with E-state index in [-0.39, 0.29) is 17.1 Å². The number of oxime groups is 1. The summed E-state index contributed by atoms with van der Waals surface area (Å²) in [5.41, 5.74) is 7.40. The summed E-state index contributed by atoms with van der Waals surface area (Å²) in [6.07, 6.45) is 2.60. The van der Waals surface area contributed by atoms with Crippen LogP contribution < -0.4 is 11.1 Å². The molecule has 1 aromatic heterocycles.